The molecular formula is C14H22N2. The lowest BCUT2D eigenvalue weighted by molar-refractivity contribution is 0.450. The summed E-state index contributed by atoms with van der Waals surface area (Å²) < 4.78 is 0. The highest BCUT2D eigenvalue weighted by Gasteiger charge is 2.20. The fraction of sp³-hybridized carbons (Fsp3) is 0.571. The minimum absolute atomic E-state index is 0.636. The smallest absolute Gasteiger partial charge is 0.0368 e. The second kappa shape index (κ2) is 5.35. The molecule has 2 N–H and O–H groups in total. The van der Waals surface area contributed by atoms with Crippen LogP contribution < -0.4 is 10.6 Å². The van der Waals surface area contributed by atoms with Gasteiger partial charge in [-0.2, -0.15) is 0 Å². The van der Waals surface area contributed by atoms with Gasteiger partial charge in [-0.1, -0.05) is 19.1 Å². The van der Waals surface area contributed by atoms with Gasteiger partial charge in [0.25, 0.3) is 0 Å². The zero-order chi connectivity index (χ0) is 11.4. The van der Waals surface area contributed by atoms with Crippen LogP contribution in [0.3, 0.4) is 0 Å². The fourth-order valence-electron chi connectivity index (χ4n) is 2.59. The summed E-state index contributed by atoms with van der Waals surface area (Å²) in [6, 6.07) is 9.47. The Kier molecular flexibility index (Phi) is 3.83. The Balaban J connectivity index is 2.14. The van der Waals surface area contributed by atoms with E-state index in [0.29, 0.717) is 6.54 Å². The molecule has 0 saturated carbocycles. The van der Waals surface area contributed by atoms with E-state index in [2.05, 4.69) is 36.1 Å². The number of hydrogen-bond donors (Lipinski definition) is 1. The van der Waals surface area contributed by atoms with Crippen LogP contribution in [0, 0.1) is 0 Å². The maximum absolute atomic E-state index is 5.62. The van der Waals surface area contributed by atoms with Crippen molar-refractivity contribution in [2.75, 3.05) is 11.4 Å². The molecule has 0 aliphatic carbocycles. The molecule has 1 aliphatic rings. The van der Waals surface area contributed by atoms with Crippen molar-refractivity contribution >= 4 is 5.69 Å². The summed E-state index contributed by atoms with van der Waals surface area (Å²) >= 11 is 0. The van der Waals surface area contributed by atoms with Crippen LogP contribution in [0.2, 0.25) is 0 Å². The Morgan fingerprint density at radius 1 is 1.25 bits per heavy atom. The van der Waals surface area contributed by atoms with E-state index in [0.717, 1.165) is 6.04 Å². The normalized spacial score (nSPS) is 21.1. The minimum Gasteiger partial charge on any atom is -0.369 e. The van der Waals surface area contributed by atoms with Crippen LogP contribution in [0.15, 0.2) is 24.3 Å². The molecule has 1 atom stereocenters. The van der Waals surface area contributed by atoms with Crippen molar-refractivity contribution in [2.24, 2.45) is 5.73 Å². The topological polar surface area (TPSA) is 29.3 Å². The van der Waals surface area contributed by atoms with E-state index in [1.165, 1.54) is 43.5 Å². The molecule has 1 heterocycles. The molecule has 16 heavy (non-hydrogen) atoms. The highest BCUT2D eigenvalue weighted by atomic mass is 15.2. The van der Waals surface area contributed by atoms with Gasteiger partial charge in [-0.05, 0) is 43.4 Å². The van der Waals surface area contributed by atoms with Crippen LogP contribution in [0.5, 0.6) is 0 Å². The molecule has 1 aliphatic heterocycles. The van der Waals surface area contributed by atoms with Crippen molar-refractivity contribution in [2.45, 2.75) is 45.2 Å². The lowest BCUT2D eigenvalue weighted by atomic mass is 9.99. The molecular weight excluding hydrogens is 196 g/mol. The first-order valence-electron chi connectivity index (χ1n) is 6.40. The largest absolute Gasteiger partial charge is 0.369 e. The summed E-state index contributed by atoms with van der Waals surface area (Å²) in [7, 11) is 0. The molecule has 1 unspecified atom stereocenters. The molecule has 0 bridgehead atoms. The Hall–Kier alpha value is -1.02. The molecule has 1 saturated heterocycles. The standard InChI is InChI=1S/C14H22N2/c1-2-13-5-3-4-10-16(13)14-8-6-12(11-15)7-9-14/h6-9,13H,2-5,10-11,15H2,1H3. The van der Waals surface area contributed by atoms with Gasteiger partial charge < -0.3 is 10.6 Å². The molecule has 2 nitrogen and oxygen atoms in total. The van der Waals surface area contributed by atoms with Gasteiger partial charge in [-0.25, -0.2) is 0 Å². The van der Waals surface area contributed by atoms with Gasteiger partial charge in [0.15, 0.2) is 0 Å². The Bertz CT molecular complexity index is 318. The van der Waals surface area contributed by atoms with Crippen LogP contribution >= 0.6 is 0 Å². The number of benzene rings is 1. The maximum atomic E-state index is 5.62. The van der Waals surface area contributed by atoms with E-state index in [-0.39, 0.29) is 0 Å². The molecule has 0 spiro atoms. The maximum Gasteiger partial charge on any atom is 0.0368 e. The van der Waals surface area contributed by atoms with Crippen LogP contribution in [-0.4, -0.2) is 12.6 Å². The average molecular weight is 218 g/mol. The van der Waals surface area contributed by atoms with Crippen molar-refractivity contribution in [3.05, 3.63) is 29.8 Å². The predicted octanol–water partition coefficient (Wildman–Crippen LogP) is 2.91. The Morgan fingerprint density at radius 2 is 2.00 bits per heavy atom. The quantitative estimate of drug-likeness (QED) is 0.845. The highest BCUT2D eigenvalue weighted by Crippen LogP contribution is 2.26. The molecule has 1 aromatic rings. The van der Waals surface area contributed by atoms with Gasteiger partial charge in [0.2, 0.25) is 0 Å². The van der Waals surface area contributed by atoms with E-state index >= 15 is 0 Å². The number of piperidine rings is 1. The van der Waals surface area contributed by atoms with Crippen LogP contribution in [0.4, 0.5) is 5.69 Å². The van der Waals surface area contributed by atoms with E-state index in [1.54, 1.807) is 0 Å². The monoisotopic (exact) mass is 218 g/mol. The van der Waals surface area contributed by atoms with Gasteiger partial charge in [0.1, 0.15) is 0 Å². The predicted molar refractivity (Wildman–Crippen MR) is 69.6 cm³/mol. The second-order valence-corrected chi connectivity index (χ2v) is 4.62. The average Bonchev–Trinajstić information content (AvgIpc) is 2.39. The number of nitrogens with two attached hydrogens (primary N) is 1. The third-order valence-electron chi connectivity index (χ3n) is 3.60. The van der Waals surface area contributed by atoms with Crippen LogP contribution in [0.1, 0.15) is 38.2 Å². The molecule has 2 rings (SSSR count). The van der Waals surface area contributed by atoms with Gasteiger partial charge >= 0.3 is 0 Å². The summed E-state index contributed by atoms with van der Waals surface area (Å²) in [6.07, 6.45) is 5.30. The first-order chi connectivity index (χ1) is 7.85. The number of hydrogen-bond acceptors (Lipinski definition) is 2. The van der Waals surface area contributed by atoms with Crippen molar-refractivity contribution in [1.29, 1.82) is 0 Å². The third-order valence-corrected chi connectivity index (χ3v) is 3.60. The van der Waals surface area contributed by atoms with E-state index in [9.17, 15) is 0 Å². The van der Waals surface area contributed by atoms with Gasteiger partial charge in [-0.3, -0.25) is 0 Å². The fourth-order valence-corrected chi connectivity index (χ4v) is 2.59. The van der Waals surface area contributed by atoms with Gasteiger partial charge in [0.05, 0.1) is 0 Å². The van der Waals surface area contributed by atoms with Crippen molar-refractivity contribution in [3.63, 3.8) is 0 Å². The van der Waals surface area contributed by atoms with Crippen LogP contribution in [0.25, 0.3) is 0 Å². The van der Waals surface area contributed by atoms with E-state index in [1.807, 2.05) is 0 Å². The highest BCUT2D eigenvalue weighted by molar-refractivity contribution is 5.49. The summed E-state index contributed by atoms with van der Waals surface area (Å²) in [5.41, 5.74) is 8.20. The first kappa shape index (κ1) is 11.5. The molecule has 0 aromatic heterocycles. The first-order valence-corrected chi connectivity index (χ1v) is 6.40. The van der Waals surface area contributed by atoms with Crippen LogP contribution in [-0.2, 0) is 6.54 Å². The summed E-state index contributed by atoms with van der Waals surface area (Å²) in [5, 5.41) is 0. The zero-order valence-corrected chi connectivity index (χ0v) is 10.2. The SMILES string of the molecule is CCC1CCCCN1c1ccc(CN)cc1. The molecule has 1 aromatic carbocycles. The molecule has 0 radical (unpaired) electrons. The van der Waals surface area contributed by atoms with Gasteiger partial charge in [-0.15, -0.1) is 0 Å². The van der Waals surface area contributed by atoms with E-state index in [4.69, 9.17) is 5.73 Å². The molecule has 2 heteroatoms. The van der Waals surface area contributed by atoms with Crippen molar-refractivity contribution in [3.8, 4) is 0 Å². The second-order valence-electron chi connectivity index (χ2n) is 4.62. The lowest BCUT2D eigenvalue weighted by Crippen LogP contribution is -2.39. The lowest BCUT2D eigenvalue weighted by Gasteiger charge is -2.37. The van der Waals surface area contributed by atoms with Crippen molar-refractivity contribution in [1.82, 2.24) is 0 Å². The Labute approximate surface area is 98.4 Å². The third kappa shape index (κ3) is 2.38. The number of rotatable bonds is 3. The van der Waals surface area contributed by atoms with E-state index < -0.39 is 0 Å². The number of anilines is 1. The van der Waals surface area contributed by atoms with Gasteiger partial charge in [0, 0.05) is 24.8 Å². The number of nitrogens with zero attached hydrogens (tertiary/aromatic N) is 1. The molecule has 0 amide bonds. The minimum atomic E-state index is 0.636. The van der Waals surface area contributed by atoms with Crippen molar-refractivity contribution < 1.29 is 0 Å². The molecule has 1 fully saturated rings. The molecule has 88 valence electrons. The Morgan fingerprint density at radius 3 is 2.62 bits per heavy atom. The summed E-state index contributed by atoms with van der Waals surface area (Å²) in [6.45, 7) is 4.13. The summed E-state index contributed by atoms with van der Waals surface area (Å²) in [5.74, 6) is 0. The summed E-state index contributed by atoms with van der Waals surface area (Å²) in [4.78, 5) is 2.56. The zero-order valence-electron chi connectivity index (χ0n) is 10.2.